The van der Waals surface area contributed by atoms with Gasteiger partial charge in [0.2, 0.25) is 5.91 Å². The summed E-state index contributed by atoms with van der Waals surface area (Å²) in [4.78, 5) is 12.8. The number of alkyl halides is 3. The first-order valence-corrected chi connectivity index (χ1v) is 10.1. The second kappa shape index (κ2) is 8.59. The molecule has 1 amide bonds. The second-order valence-electron chi connectivity index (χ2n) is 7.95. The SMILES string of the molecule is Cc1nn(C)c(C)c1CC(=O)N[C@H]1CCCCC[C@H]1c1ccccc1C(F)(F)F. The number of hydrogen-bond donors (Lipinski definition) is 1. The quantitative estimate of drug-likeness (QED) is 0.738. The maximum atomic E-state index is 13.6. The molecule has 1 aliphatic carbocycles. The average molecular weight is 407 g/mol. The van der Waals surface area contributed by atoms with Crippen molar-refractivity contribution in [2.75, 3.05) is 0 Å². The molecule has 2 atom stereocenters. The summed E-state index contributed by atoms with van der Waals surface area (Å²) in [6, 6.07) is 5.47. The summed E-state index contributed by atoms with van der Waals surface area (Å²) in [6.45, 7) is 3.78. The van der Waals surface area contributed by atoms with Crippen LogP contribution in [-0.4, -0.2) is 21.7 Å². The summed E-state index contributed by atoms with van der Waals surface area (Å²) < 4.78 is 42.5. The van der Waals surface area contributed by atoms with E-state index >= 15 is 0 Å². The van der Waals surface area contributed by atoms with Gasteiger partial charge in [-0.3, -0.25) is 9.48 Å². The summed E-state index contributed by atoms with van der Waals surface area (Å²) in [5.74, 6) is -0.499. The van der Waals surface area contributed by atoms with Crippen LogP contribution < -0.4 is 5.32 Å². The van der Waals surface area contributed by atoms with Crippen molar-refractivity contribution < 1.29 is 18.0 Å². The van der Waals surface area contributed by atoms with Crippen LogP contribution in [-0.2, 0) is 24.4 Å². The molecule has 1 N–H and O–H groups in total. The molecule has 4 nitrogen and oxygen atoms in total. The second-order valence-corrected chi connectivity index (χ2v) is 7.95. The standard InChI is InChI=1S/C22H28F3N3O/c1-14-18(15(2)28(3)27-14)13-21(29)26-20-12-6-4-5-10-17(20)16-9-7-8-11-19(16)22(23,24)25/h7-9,11,17,20H,4-6,10,12-13H2,1-3H3,(H,26,29)/t17-,20-/m0/s1. The Hall–Kier alpha value is -2.31. The van der Waals surface area contributed by atoms with E-state index in [4.69, 9.17) is 0 Å². The number of nitrogens with zero attached hydrogens (tertiary/aromatic N) is 2. The van der Waals surface area contributed by atoms with Crippen LogP contribution >= 0.6 is 0 Å². The molecule has 1 heterocycles. The van der Waals surface area contributed by atoms with Gasteiger partial charge < -0.3 is 5.32 Å². The fraction of sp³-hybridized carbons (Fsp3) is 0.545. The van der Waals surface area contributed by atoms with Crippen LogP contribution in [0.25, 0.3) is 0 Å². The molecule has 158 valence electrons. The van der Waals surface area contributed by atoms with Gasteiger partial charge in [0.25, 0.3) is 0 Å². The van der Waals surface area contributed by atoms with Gasteiger partial charge in [0.05, 0.1) is 17.7 Å². The maximum Gasteiger partial charge on any atom is 0.416 e. The van der Waals surface area contributed by atoms with Crippen LogP contribution in [0.15, 0.2) is 24.3 Å². The van der Waals surface area contributed by atoms with Gasteiger partial charge in [0.1, 0.15) is 0 Å². The molecular weight excluding hydrogens is 379 g/mol. The molecule has 1 aromatic carbocycles. The van der Waals surface area contributed by atoms with Crippen LogP contribution in [0.1, 0.15) is 66.1 Å². The minimum absolute atomic E-state index is 0.161. The lowest BCUT2D eigenvalue weighted by atomic mass is 9.84. The Morgan fingerprint density at radius 2 is 1.86 bits per heavy atom. The molecule has 0 aliphatic heterocycles. The molecule has 1 aromatic heterocycles. The fourth-order valence-electron chi connectivity index (χ4n) is 4.42. The first kappa shape index (κ1) is 21.4. The number of rotatable bonds is 4. The number of nitrogens with one attached hydrogen (secondary N) is 1. The van der Waals surface area contributed by atoms with Crippen LogP contribution in [0.5, 0.6) is 0 Å². The van der Waals surface area contributed by atoms with Crippen molar-refractivity contribution in [1.82, 2.24) is 15.1 Å². The molecule has 0 unspecified atom stereocenters. The lowest BCUT2D eigenvalue weighted by Crippen LogP contribution is -2.40. The number of hydrogen-bond acceptors (Lipinski definition) is 2. The van der Waals surface area contributed by atoms with E-state index in [0.717, 1.165) is 42.3 Å². The van der Waals surface area contributed by atoms with E-state index < -0.39 is 11.7 Å². The zero-order chi connectivity index (χ0) is 21.2. The number of amides is 1. The van der Waals surface area contributed by atoms with Gasteiger partial charge in [-0.1, -0.05) is 37.5 Å². The predicted octanol–water partition coefficient (Wildman–Crippen LogP) is 4.83. The van der Waals surface area contributed by atoms with E-state index in [1.165, 1.54) is 6.07 Å². The molecule has 3 rings (SSSR count). The lowest BCUT2D eigenvalue weighted by Gasteiger charge is -2.29. The van der Waals surface area contributed by atoms with Gasteiger partial charge in [-0.2, -0.15) is 18.3 Å². The maximum absolute atomic E-state index is 13.6. The van der Waals surface area contributed by atoms with Crippen molar-refractivity contribution >= 4 is 5.91 Å². The van der Waals surface area contributed by atoms with Crippen LogP contribution in [0.2, 0.25) is 0 Å². The van der Waals surface area contributed by atoms with Crippen LogP contribution in [0, 0.1) is 13.8 Å². The van der Waals surface area contributed by atoms with Crippen molar-refractivity contribution in [3.05, 3.63) is 52.3 Å². The van der Waals surface area contributed by atoms with E-state index in [1.807, 2.05) is 20.9 Å². The Labute approximate surface area is 169 Å². The molecule has 1 aliphatic rings. The molecule has 0 spiro atoms. The Bertz CT molecular complexity index is 873. The van der Waals surface area contributed by atoms with E-state index in [1.54, 1.807) is 16.8 Å². The third kappa shape index (κ3) is 4.82. The van der Waals surface area contributed by atoms with Crippen molar-refractivity contribution in [2.45, 2.75) is 70.5 Å². The van der Waals surface area contributed by atoms with E-state index in [0.29, 0.717) is 18.4 Å². The van der Waals surface area contributed by atoms with Gasteiger partial charge in [-0.15, -0.1) is 0 Å². The average Bonchev–Trinajstić information content (AvgIpc) is 2.82. The first-order valence-electron chi connectivity index (χ1n) is 10.1. The molecule has 2 aromatic rings. The Morgan fingerprint density at radius 3 is 2.52 bits per heavy atom. The predicted molar refractivity (Wildman–Crippen MR) is 106 cm³/mol. The largest absolute Gasteiger partial charge is 0.416 e. The number of aromatic nitrogens is 2. The number of aryl methyl sites for hydroxylation is 2. The number of carbonyl (C=O) groups is 1. The molecule has 0 radical (unpaired) electrons. The smallest absolute Gasteiger partial charge is 0.352 e. The number of carbonyl (C=O) groups excluding carboxylic acids is 1. The summed E-state index contributed by atoms with van der Waals surface area (Å²) in [6.07, 6.45) is -0.143. The van der Waals surface area contributed by atoms with Gasteiger partial charge in [0.15, 0.2) is 0 Å². The fourth-order valence-corrected chi connectivity index (χ4v) is 4.42. The summed E-state index contributed by atoms with van der Waals surface area (Å²) >= 11 is 0. The summed E-state index contributed by atoms with van der Waals surface area (Å²) in [7, 11) is 1.83. The minimum Gasteiger partial charge on any atom is -0.352 e. The topological polar surface area (TPSA) is 46.9 Å². The zero-order valence-corrected chi connectivity index (χ0v) is 17.1. The lowest BCUT2D eigenvalue weighted by molar-refractivity contribution is -0.138. The number of benzene rings is 1. The monoisotopic (exact) mass is 407 g/mol. The Kier molecular flexibility index (Phi) is 6.34. The highest BCUT2D eigenvalue weighted by atomic mass is 19.4. The highest BCUT2D eigenvalue weighted by Crippen LogP contribution is 2.40. The van der Waals surface area contributed by atoms with Crippen LogP contribution in [0.3, 0.4) is 0 Å². The molecule has 0 saturated heterocycles. The third-order valence-corrected chi connectivity index (χ3v) is 6.02. The van der Waals surface area contributed by atoms with Crippen LogP contribution in [0.4, 0.5) is 13.2 Å². The van der Waals surface area contributed by atoms with Gasteiger partial charge in [0, 0.05) is 30.3 Å². The Morgan fingerprint density at radius 1 is 1.17 bits per heavy atom. The first-order chi connectivity index (χ1) is 13.7. The molecule has 1 fully saturated rings. The van der Waals surface area contributed by atoms with Crippen molar-refractivity contribution in [3.8, 4) is 0 Å². The van der Waals surface area contributed by atoms with Gasteiger partial charge >= 0.3 is 6.18 Å². The molecule has 0 bridgehead atoms. The Balaban J connectivity index is 1.84. The highest BCUT2D eigenvalue weighted by Gasteiger charge is 2.37. The van der Waals surface area contributed by atoms with Gasteiger partial charge in [-0.05, 0) is 38.3 Å². The minimum atomic E-state index is -4.40. The van der Waals surface area contributed by atoms with Crippen molar-refractivity contribution in [3.63, 3.8) is 0 Å². The van der Waals surface area contributed by atoms with E-state index in [2.05, 4.69) is 10.4 Å². The van der Waals surface area contributed by atoms with E-state index in [9.17, 15) is 18.0 Å². The van der Waals surface area contributed by atoms with Crippen molar-refractivity contribution in [2.24, 2.45) is 7.05 Å². The number of halogens is 3. The van der Waals surface area contributed by atoms with Crippen molar-refractivity contribution in [1.29, 1.82) is 0 Å². The molecule has 29 heavy (non-hydrogen) atoms. The van der Waals surface area contributed by atoms with Gasteiger partial charge in [-0.25, -0.2) is 0 Å². The van der Waals surface area contributed by atoms with E-state index in [-0.39, 0.29) is 24.3 Å². The highest BCUT2D eigenvalue weighted by molar-refractivity contribution is 5.79. The third-order valence-electron chi connectivity index (χ3n) is 6.02. The zero-order valence-electron chi connectivity index (χ0n) is 17.1. The molecule has 1 saturated carbocycles. The normalized spacial score (nSPS) is 20.3. The summed E-state index contributed by atoms with van der Waals surface area (Å²) in [5.41, 5.74) is 2.31. The summed E-state index contributed by atoms with van der Waals surface area (Å²) in [5, 5.41) is 7.39. The molecular formula is C22H28F3N3O. The molecule has 7 heteroatoms.